The van der Waals surface area contributed by atoms with Crippen molar-refractivity contribution in [1.82, 2.24) is 19.6 Å². The molecule has 10 heteroatoms. The van der Waals surface area contributed by atoms with Crippen LogP contribution in [0.25, 0.3) is 27.7 Å². The molecule has 0 unspecified atom stereocenters. The lowest BCUT2D eigenvalue weighted by atomic mass is 9.99. The van der Waals surface area contributed by atoms with Gasteiger partial charge in [0.2, 0.25) is 0 Å². The Morgan fingerprint density at radius 3 is 2.70 bits per heavy atom. The van der Waals surface area contributed by atoms with Crippen LogP contribution >= 0.6 is 11.6 Å². The van der Waals surface area contributed by atoms with E-state index in [1.165, 1.54) is 4.52 Å². The van der Waals surface area contributed by atoms with Crippen molar-refractivity contribution in [2.24, 2.45) is 0 Å². The van der Waals surface area contributed by atoms with Gasteiger partial charge in [-0.2, -0.15) is 28.0 Å². The average Bonchev–Trinajstić information content (AvgIpc) is 3.35. The number of pyridine rings is 1. The molecule has 0 radical (unpaired) electrons. The minimum atomic E-state index is -4.78. The number of fused-ring (bicyclic) bond motifs is 2. The molecular formula is C23H18ClF3N6. The van der Waals surface area contributed by atoms with Gasteiger partial charge in [-0.15, -0.1) is 0 Å². The van der Waals surface area contributed by atoms with Crippen molar-refractivity contribution in [1.29, 1.82) is 5.26 Å². The molecule has 0 N–H and O–H groups in total. The Kier molecular flexibility index (Phi) is 4.94. The summed E-state index contributed by atoms with van der Waals surface area (Å²) in [5.74, 6) is 0.497. The second-order valence-electron chi connectivity index (χ2n) is 8.17. The lowest BCUT2D eigenvalue weighted by Gasteiger charge is -2.28. The Labute approximate surface area is 192 Å². The Morgan fingerprint density at radius 1 is 1.24 bits per heavy atom. The van der Waals surface area contributed by atoms with Gasteiger partial charge in [0.15, 0.2) is 11.3 Å². The summed E-state index contributed by atoms with van der Waals surface area (Å²) < 4.78 is 42.4. The standard InChI is InChI=1S/C23H18ClF3N6/c1-12-4-3-9-32(12)22-19(16-7-8-29-18-10-14(24)5-6-15(16)18)13(2)30-21-17(11-28)20(23(25,26)27)31-33(21)22/h5-8,10,12H,3-4,9H2,1-2H3/t12-/m0/s1. The molecule has 0 spiro atoms. The zero-order valence-corrected chi connectivity index (χ0v) is 18.5. The normalized spacial score (nSPS) is 16.6. The smallest absolute Gasteiger partial charge is 0.353 e. The molecule has 1 aromatic carbocycles. The third kappa shape index (κ3) is 3.37. The number of alkyl halides is 3. The Bertz CT molecular complexity index is 1450. The number of nitriles is 1. The summed E-state index contributed by atoms with van der Waals surface area (Å²) in [6, 6.07) is 8.89. The third-order valence-corrected chi connectivity index (χ3v) is 6.34. The van der Waals surface area contributed by atoms with Gasteiger partial charge in [-0.25, -0.2) is 4.98 Å². The molecule has 5 rings (SSSR count). The number of halogens is 4. The molecule has 1 atom stereocenters. The van der Waals surface area contributed by atoms with Crippen LogP contribution in [-0.2, 0) is 6.18 Å². The third-order valence-electron chi connectivity index (χ3n) is 6.10. The van der Waals surface area contributed by atoms with Crippen LogP contribution in [0.2, 0.25) is 5.02 Å². The van der Waals surface area contributed by atoms with Crippen molar-refractivity contribution < 1.29 is 13.2 Å². The molecule has 1 saturated heterocycles. The van der Waals surface area contributed by atoms with Crippen LogP contribution in [-0.4, -0.2) is 32.2 Å². The summed E-state index contributed by atoms with van der Waals surface area (Å²) in [4.78, 5) is 10.9. The van der Waals surface area contributed by atoms with E-state index in [0.717, 1.165) is 23.8 Å². The van der Waals surface area contributed by atoms with Gasteiger partial charge < -0.3 is 4.90 Å². The van der Waals surface area contributed by atoms with Gasteiger partial charge in [-0.3, -0.25) is 4.98 Å². The van der Waals surface area contributed by atoms with E-state index < -0.39 is 17.4 Å². The average molecular weight is 471 g/mol. The van der Waals surface area contributed by atoms with Gasteiger partial charge in [0, 0.05) is 34.8 Å². The van der Waals surface area contributed by atoms with Gasteiger partial charge in [0.1, 0.15) is 17.5 Å². The molecule has 0 saturated carbocycles. The number of anilines is 1. The molecule has 0 bridgehead atoms. The van der Waals surface area contributed by atoms with E-state index in [1.54, 1.807) is 31.3 Å². The first kappa shape index (κ1) is 21.5. The number of aromatic nitrogens is 4. The Morgan fingerprint density at radius 2 is 2.03 bits per heavy atom. The zero-order chi connectivity index (χ0) is 23.5. The summed E-state index contributed by atoms with van der Waals surface area (Å²) in [5.41, 5.74) is 0.692. The molecule has 33 heavy (non-hydrogen) atoms. The molecular weight excluding hydrogens is 453 g/mol. The highest BCUT2D eigenvalue weighted by Crippen LogP contribution is 2.42. The maximum absolute atomic E-state index is 13.7. The van der Waals surface area contributed by atoms with Crippen LogP contribution in [0, 0.1) is 18.3 Å². The number of hydrogen-bond acceptors (Lipinski definition) is 5. The van der Waals surface area contributed by atoms with E-state index in [2.05, 4.69) is 15.1 Å². The van der Waals surface area contributed by atoms with Gasteiger partial charge >= 0.3 is 6.18 Å². The highest BCUT2D eigenvalue weighted by atomic mass is 35.5. The van der Waals surface area contributed by atoms with E-state index in [0.29, 0.717) is 34.2 Å². The second kappa shape index (κ2) is 7.59. The van der Waals surface area contributed by atoms with Crippen LogP contribution in [0.4, 0.5) is 19.0 Å². The fourth-order valence-corrected chi connectivity index (χ4v) is 4.78. The Hall–Kier alpha value is -3.38. The minimum Gasteiger partial charge on any atom is -0.353 e. The molecule has 1 aliphatic heterocycles. The SMILES string of the molecule is Cc1nc2c(C#N)c(C(F)(F)F)nn2c(N2CCC[C@@H]2C)c1-c1ccnc2cc(Cl)ccc12. The van der Waals surface area contributed by atoms with Gasteiger partial charge in [0.25, 0.3) is 0 Å². The molecule has 3 aromatic heterocycles. The maximum atomic E-state index is 13.7. The van der Waals surface area contributed by atoms with Crippen LogP contribution < -0.4 is 4.90 Å². The highest BCUT2D eigenvalue weighted by molar-refractivity contribution is 6.31. The van der Waals surface area contributed by atoms with E-state index in [1.807, 2.05) is 24.0 Å². The molecule has 0 amide bonds. The zero-order valence-electron chi connectivity index (χ0n) is 17.8. The molecule has 1 aliphatic rings. The molecule has 1 fully saturated rings. The largest absolute Gasteiger partial charge is 0.436 e. The van der Waals surface area contributed by atoms with Crippen molar-refractivity contribution in [3.8, 4) is 17.2 Å². The topological polar surface area (TPSA) is 70.1 Å². The monoisotopic (exact) mass is 470 g/mol. The number of rotatable bonds is 2. The summed E-state index contributed by atoms with van der Waals surface area (Å²) in [6.07, 6.45) is -1.34. The molecule has 0 aliphatic carbocycles. The predicted molar refractivity (Wildman–Crippen MR) is 119 cm³/mol. The van der Waals surface area contributed by atoms with Gasteiger partial charge in [-0.05, 0) is 50.5 Å². The molecule has 6 nitrogen and oxygen atoms in total. The van der Waals surface area contributed by atoms with Crippen molar-refractivity contribution in [3.63, 3.8) is 0 Å². The highest BCUT2D eigenvalue weighted by Gasteiger charge is 2.40. The predicted octanol–water partition coefficient (Wildman–Crippen LogP) is 5.79. The van der Waals surface area contributed by atoms with Crippen LogP contribution in [0.1, 0.15) is 36.7 Å². The lowest BCUT2D eigenvalue weighted by molar-refractivity contribution is -0.141. The molecule has 4 aromatic rings. The minimum absolute atomic E-state index is 0.0837. The van der Waals surface area contributed by atoms with Gasteiger partial charge in [-0.1, -0.05) is 17.7 Å². The van der Waals surface area contributed by atoms with Crippen molar-refractivity contribution in [2.75, 3.05) is 11.4 Å². The summed E-state index contributed by atoms with van der Waals surface area (Å²) in [5, 5.41) is 14.8. The van der Waals surface area contributed by atoms with Crippen LogP contribution in [0.15, 0.2) is 30.5 Å². The van der Waals surface area contributed by atoms with E-state index in [4.69, 9.17) is 11.6 Å². The molecule has 168 valence electrons. The lowest BCUT2D eigenvalue weighted by Crippen LogP contribution is -2.29. The first-order valence-electron chi connectivity index (χ1n) is 10.4. The maximum Gasteiger partial charge on any atom is 0.436 e. The summed E-state index contributed by atoms with van der Waals surface area (Å²) >= 11 is 6.15. The van der Waals surface area contributed by atoms with Crippen molar-refractivity contribution >= 4 is 34.0 Å². The fourth-order valence-electron chi connectivity index (χ4n) is 4.61. The van der Waals surface area contributed by atoms with Crippen molar-refractivity contribution in [3.05, 3.63) is 52.4 Å². The number of nitrogens with zero attached hydrogens (tertiary/aromatic N) is 6. The summed E-state index contributed by atoms with van der Waals surface area (Å²) in [6.45, 7) is 4.43. The first-order valence-corrected chi connectivity index (χ1v) is 10.8. The van der Waals surface area contributed by atoms with E-state index in [9.17, 15) is 18.4 Å². The Balaban J connectivity index is 1.93. The van der Waals surface area contributed by atoms with E-state index in [-0.39, 0.29) is 11.7 Å². The first-order chi connectivity index (χ1) is 15.7. The summed E-state index contributed by atoms with van der Waals surface area (Å²) in [7, 11) is 0. The molecule has 4 heterocycles. The number of benzene rings is 1. The number of hydrogen-bond donors (Lipinski definition) is 0. The number of aryl methyl sites for hydroxylation is 1. The van der Waals surface area contributed by atoms with Gasteiger partial charge in [0.05, 0.1) is 11.2 Å². The van der Waals surface area contributed by atoms with E-state index >= 15 is 0 Å². The van der Waals surface area contributed by atoms with Crippen LogP contribution in [0.5, 0.6) is 0 Å². The second-order valence-corrected chi connectivity index (χ2v) is 8.61. The quantitative estimate of drug-likeness (QED) is 0.371. The van der Waals surface area contributed by atoms with Crippen molar-refractivity contribution in [2.45, 2.75) is 38.9 Å². The fraction of sp³-hybridized carbons (Fsp3) is 0.304. The van der Waals surface area contributed by atoms with Crippen LogP contribution in [0.3, 0.4) is 0 Å².